The number of aryl methyl sites for hydroxylation is 1. The first-order valence-electron chi connectivity index (χ1n) is 9.67. The minimum Gasteiger partial charge on any atom is -0.495 e. The smallest absolute Gasteiger partial charge is 0.240 e. The second-order valence-corrected chi connectivity index (χ2v) is 7.98. The van der Waals surface area contributed by atoms with Crippen molar-refractivity contribution in [3.63, 3.8) is 0 Å². The lowest BCUT2D eigenvalue weighted by molar-refractivity contribution is -0.116. The Bertz CT molecular complexity index is 1040. The summed E-state index contributed by atoms with van der Waals surface area (Å²) in [6, 6.07) is 13.0. The quantitative estimate of drug-likeness (QED) is 0.623. The van der Waals surface area contributed by atoms with Crippen molar-refractivity contribution in [3.05, 3.63) is 65.7 Å². The van der Waals surface area contributed by atoms with Crippen LogP contribution in [0.5, 0.6) is 5.75 Å². The number of benzene rings is 2. The Morgan fingerprint density at radius 1 is 1.23 bits per heavy atom. The number of anilines is 1. The average molecular weight is 428 g/mol. The number of para-hydroxylation sites is 2. The van der Waals surface area contributed by atoms with Gasteiger partial charge >= 0.3 is 0 Å². The fourth-order valence-corrected chi connectivity index (χ4v) is 4.45. The molecule has 0 aliphatic carbocycles. The first-order chi connectivity index (χ1) is 14.6. The topological polar surface area (TPSA) is 81.1 Å². The van der Waals surface area contributed by atoms with Crippen molar-refractivity contribution in [2.45, 2.75) is 36.2 Å². The fourth-order valence-electron chi connectivity index (χ4n) is 3.36. The number of amides is 1. The molecule has 1 aliphatic rings. The van der Waals surface area contributed by atoms with Crippen LogP contribution in [0.15, 0.2) is 53.7 Å². The van der Waals surface area contributed by atoms with E-state index in [4.69, 9.17) is 4.74 Å². The van der Waals surface area contributed by atoms with E-state index in [-0.39, 0.29) is 11.7 Å². The number of hydrogen-bond acceptors (Lipinski definition) is 6. The number of carbonyl (C=O) groups excluding carboxylic acids is 1. The standard InChI is InChI=1S/C21H22FN5O2S/c1-3-6-17-24-25-21-27(17)26-18(13-9-11-14(22)12-10-13)19(30-21)20(28)23-15-7-4-5-8-16(15)29-2/h4-5,7-12,18-19,26H,3,6H2,1-2H3,(H,23,28)/t18-,19-/m1/s1. The Balaban J connectivity index is 1.67. The number of aromatic nitrogens is 3. The van der Waals surface area contributed by atoms with Crippen molar-refractivity contribution in [2.75, 3.05) is 17.9 Å². The molecule has 3 aromatic rings. The highest BCUT2D eigenvalue weighted by Gasteiger charge is 2.38. The summed E-state index contributed by atoms with van der Waals surface area (Å²) in [7, 11) is 1.56. The molecule has 4 rings (SSSR count). The van der Waals surface area contributed by atoms with Crippen LogP contribution in [0, 0.1) is 5.82 Å². The summed E-state index contributed by atoms with van der Waals surface area (Å²) in [5, 5.41) is 11.5. The molecule has 1 aromatic heterocycles. The molecular weight excluding hydrogens is 405 g/mol. The second kappa shape index (κ2) is 8.74. The van der Waals surface area contributed by atoms with Crippen molar-refractivity contribution < 1.29 is 13.9 Å². The van der Waals surface area contributed by atoms with Gasteiger partial charge in [-0.15, -0.1) is 10.2 Å². The van der Waals surface area contributed by atoms with Gasteiger partial charge in [-0.1, -0.05) is 43.0 Å². The molecule has 0 fully saturated rings. The van der Waals surface area contributed by atoms with Gasteiger partial charge in [0.15, 0.2) is 5.82 Å². The first-order valence-corrected chi connectivity index (χ1v) is 10.6. The Hall–Kier alpha value is -3.07. The third-order valence-electron chi connectivity index (χ3n) is 4.83. The maximum Gasteiger partial charge on any atom is 0.240 e. The Morgan fingerprint density at radius 3 is 2.73 bits per heavy atom. The zero-order valence-corrected chi connectivity index (χ0v) is 17.4. The van der Waals surface area contributed by atoms with E-state index in [0.29, 0.717) is 16.6 Å². The van der Waals surface area contributed by atoms with E-state index in [2.05, 4.69) is 27.9 Å². The van der Waals surface area contributed by atoms with E-state index in [1.807, 2.05) is 16.8 Å². The van der Waals surface area contributed by atoms with E-state index >= 15 is 0 Å². The van der Waals surface area contributed by atoms with Gasteiger partial charge in [0.1, 0.15) is 16.8 Å². The van der Waals surface area contributed by atoms with Crippen molar-refractivity contribution >= 4 is 23.4 Å². The van der Waals surface area contributed by atoms with Gasteiger partial charge in [-0.25, -0.2) is 9.07 Å². The maximum absolute atomic E-state index is 13.5. The number of methoxy groups -OCH3 is 1. The molecule has 0 saturated carbocycles. The molecule has 156 valence electrons. The van der Waals surface area contributed by atoms with Gasteiger partial charge in [0.2, 0.25) is 11.1 Å². The summed E-state index contributed by atoms with van der Waals surface area (Å²) in [5.74, 6) is 0.841. The monoisotopic (exact) mass is 427 g/mol. The molecule has 1 amide bonds. The van der Waals surface area contributed by atoms with E-state index in [0.717, 1.165) is 24.2 Å². The van der Waals surface area contributed by atoms with Crippen LogP contribution >= 0.6 is 11.8 Å². The van der Waals surface area contributed by atoms with Gasteiger partial charge in [0, 0.05) is 6.42 Å². The maximum atomic E-state index is 13.5. The van der Waals surface area contributed by atoms with Crippen LogP contribution in [0.3, 0.4) is 0 Å². The first kappa shape index (κ1) is 20.2. The molecule has 0 radical (unpaired) electrons. The fraction of sp³-hybridized carbons (Fsp3) is 0.286. The molecular formula is C21H22FN5O2S. The lowest BCUT2D eigenvalue weighted by Crippen LogP contribution is -2.41. The van der Waals surface area contributed by atoms with Gasteiger partial charge in [-0.3, -0.25) is 4.79 Å². The van der Waals surface area contributed by atoms with Crippen LogP contribution < -0.4 is 15.5 Å². The molecule has 0 unspecified atom stereocenters. The summed E-state index contributed by atoms with van der Waals surface area (Å²) in [5.41, 5.74) is 4.75. The number of fused-ring (bicyclic) bond motifs is 1. The SMILES string of the molecule is CCCc1nnc2n1N[C@H](c1ccc(F)cc1)[C@H](C(=O)Nc1ccccc1OC)S2. The predicted molar refractivity (Wildman–Crippen MR) is 114 cm³/mol. The van der Waals surface area contributed by atoms with Gasteiger partial charge in [0.25, 0.3) is 0 Å². The number of nitrogens with zero attached hydrogens (tertiary/aromatic N) is 3. The predicted octanol–water partition coefficient (Wildman–Crippen LogP) is 3.78. The van der Waals surface area contributed by atoms with Crippen molar-refractivity contribution in [1.29, 1.82) is 0 Å². The molecule has 9 heteroatoms. The average Bonchev–Trinajstić information content (AvgIpc) is 3.16. The highest BCUT2D eigenvalue weighted by atomic mass is 32.2. The van der Waals surface area contributed by atoms with E-state index in [1.54, 1.807) is 31.4 Å². The molecule has 2 heterocycles. The summed E-state index contributed by atoms with van der Waals surface area (Å²) in [6.07, 6.45) is 1.68. The van der Waals surface area contributed by atoms with Crippen molar-refractivity contribution in [1.82, 2.24) is 14.9 Å². The van der Waals surface area contributed by atoms with Crippen LogP contribution in [0.25, 0.3) is 0 Å². The number of hydrogen-bond donors (Lipinski definition) is 2. The lowest BCUT2D eigenvalue weighted by Gasteiger charge is -2.33. The van der Waals surface area contributed by atoms with Gasteiger partial charge < -0.3 is 15.5 Å². The van der Waals surface area contributed by atoms with Crippen LogP contribution in [-0.4, -0.2) is 33.1 Å². The highest BCUT2D eigenvalue weighted by molar-refractivity contribution is 8.00. The number of carbonyl (C=O) groups is 1. The molecule has 30 heavy (non-hydrogen) atoms. The number of rotatable bonds is 6. The van der Waals surface area contributed by atoms with Crippen LogP contribution in [0.2, 0.25) is 0 Å². The molecule has 2 N–H and O–H groups in total. The van der Waals surface area contributed by atoms with E-state index in [9.17, 15) is 9.18 Å². The summed E-state index contributed by atoms with van der Waals surface area (Å²) < 4.78 is 20.7. The number of ether oxygens (including phenoxy) is 1. The third kappa shape index (κ3) is 3.97. The Morgan fingerprint density at radius 2 is 2.00 bits per heavy atom. The summed E-state index contributed by atoms with van der Waals surface area (Å²) >= 11 is 1.33. The normalized spacial score (nSPS) is 17.7. The van der Waals surface area contributed by atoms with Gasteiger partial charge in [-0.2, -0.15) is 0 Å². The lowest BCUT2D eigenvalue weighted by atomic mass is 10.0. The van der Waals surface area contributed by atoms with Crippen LogP contribution in [0.4, 0.5) is 10.1 Å². The number of halogens is 1. The van der Waals surface area contributed by atoms with E-state index < -0.39 is 11.3 Å². The van der Waals surface area contributed by atoms with Crippen LogP contribution in [0.1, 0.15) is 30.8 Å². The minimum absolute atomic E-state index is 0.211. The molecule has 1 aliphatic heterocycles. The zero-order valence-electron chi connectivity index (χ0n) is 16.6. The molecule has 2 atom stereocenters. The third-order valence-corrected chi connectivity index (χ3v) is 6.04. The molecule has 0 spiro atoms. The van der Waals surface area contributed by atoms with Gasteiger partial charge in [-0.05, 0) is 36.2 Å². The number of thioether (sulfide) groups is 1. The Kier molecular flexibility index (Phi) is 5.89. The molecule has 7 nitrogen and oxygen atoms in total. The molecule has 0 saturated heterocycles. The minimum atomic E-state index is -0.549. The van der Waals surface area contributed by atoms with Crippen molar-refractivity contribution in [2.24, 2.45) is 0 Å². The highest BCUT2D eigenvalue weighted by Crippen LogP contribution is 2.38. The van der Waals surface area contributed by atoms with E-state index in [1.165, 1.54) is 23.9 Å². The largest absolute Gasteiger partial charge is 0.495 e. The molecule has 2 aromatic carbocycles. The van der Waals surface area contributed by atoms with Crippen LogP contribution in [-0.2, 0) is 11.2 Å². The zero-order chi connectivity index (χ0) is 21.1. The van der Waals surface area contributed by atoms with Crippen molar-refractivity contribution in [3.8, 4) is 5.75 Å². The number of nitrogens with one attached hydrogen (secondary N) is 2. The Labute approximate surface area is 178 Å². The second-order valence-electron chi connectivity index (χ2n) is 6.87. The summed E-state index contributed by atoms with van der Waals surface area (Å²) in [4.78, 5) is 13.3. The molecule has 0 bridgehead atoms. The summed E-state index contributed by atoms with van der Waals surface area (Å²) in [6.45, 7) is 2.07. The van der Waals surface area contributed by atoms with Gasteiger partial charge in [0.05, 0.1) is 18.8 Å².